The van der Waals surface area contributed by atoms with E-state index in [1.807, 2.05) is 18.4 Å². The lowest BCUT2D eigenvalue weighted by Gasteiger charge is -2.35. The molecule has 0 bridgehead atoms. The minimum absolute atomic E-state index is 0.0332. The first-order chi connectivity index (χ1) is 9.90. The zero-order chi connectivity index (χ0) is 15.6. The highest BCUT2D eigenvalue weighted by Gasteiger charge is 2.34. The topological polar surface area (TPSA) is 62.5 Å². The van der Waals surface area contributed by atoms with Crippen LogP contribution in [0.5, 0.6) is 0 Å². The van der Waals surface area contributed by atoms with E-state index in [9.17, 15) is 13.5 Å². The van der Waals surface area contributed by atoms with Gasteiger partial charge in [-0.25, -0.2) is 8.42 Å². The highest BCUT2D eigenvalue weighted by atomic mass is 32.2. The molecule has 2 rings (SSSR count). The van der Waals surface area contributed by atoms with Crippen molar-refractivity contribution in [3.63, 3.8) is 0 Å². The van der Waals surface area contributed by atoms with Crippen LogP contribution in [0.2, 0.25) is 0 Å². The first-order valence-corrected chi connectivity index (χ1v) is 9.15. The molecule has 0 amide bonds. The van der Waals surface area contributed by atoms with Gasteiger partial charge in [0, 0.05) is 31.0 Å². The summed E-state index contributed by atoms with van der Waals surface area (Å²) in [6, 6.07) is 1.64. The fourth-order valence-corrected chi connectivity index (χ4v) is 4.85. The second kappa shape index (κ2) is 6.50. The van der Waals surface area contributed by atoms with Gasteiger partial charge in [-0.15, -0.1) is 0 Å². The molecule has 1 aromatic heterocycles. The molecule has 0 saturated carbocycles. The molecule has 1 saturated heterocycles. The van der Waals surface area contributed by atoms with Crippen molar-refractivity contribution in [1.82, 2.24) is 8.87 Å². The van der Waals surface area contributed by atoms with E-state index in [1.165, 1.54) is 0 Å². The van der Waals surface area contributed by atoms with Crippen LogP contribution in [-0.4, -0.2) is 35.0 Å². The van der Waals surface area contributed by atoms with E-state index >= 15 is 0 Å². The number of aliphatic hydroxyl groups is 1. The van der Waals surface area contributed by atoms with Crippen LogP contribution in [0, 0.1) is 5.92 Å². The molecule has 2 heterocycles. The first kappa shape index (κ1) is 16.5. The standard InChI is InChI=1S/C15H26N2O3S/c1-4-6-16-10-15(9-14(16)11-18)21(19,20)17-7-5-12(2)8-13(17)3/h9-10,12-13,18H,4-8,11H2,1-3H3. The Labute approximate surface area is 127 Å². The average molecular weight is 314 g/mol. The van der Waals surface area contributed by atoms with Gasteiger partial charge in [-0.1, -0.05) is 13.8 Å². The number of sulfonamides is 1. The van der Waals surface area contributed by atoms with Gasteiger partial charge in [0.15, 0.2) is 0 Å². The Balaban J connectivity index is 2.31. The van der Waals surface area contributed by atoms with Crippen LogP contribution in [0.25, 0.3) is 0 Å². The van der Waals surface area contributed by atoms with Crippen molar-refractivity contribution in [2.24, 2.45) is 5.92 Å². The molecule has 1 fully saturated rings. The SMILES string of the molecule is CCCn1cc(S(=O)(=O)N2CCC(C)CC2C)cc1CO. The van der Waals surface area contributed by atoms with Crippen LogP contribution < -0.4 is 0 Å². The van der Waals surface area contributed by atoms with Gasteiger partial charge in [-0.3, -0.25) is 0 Å². The second-order valence-electron chi connectivity index (χ2n) is 6.11. The van der Waals surface area contributed by atoms with Crippen LogP contribution in [0.15, 0.2) is 17.2 Å². The maximum Gasteiger partial charge on any atom is 0.244 e. The van der Waals surface area contributed by atoms with E-state index in [1.54, 1.807) is 16.6 Å². The maximum absolute atomic E-state index is 12.8. The number of aliphatic hydroxyl groups excluding tert-OH is 1. The van der Waals surface area contributed by atoms with E-state index in [-0.39, 0.29) is 12.6 Å². The summed E-state index contributed by atoms with van der Waals surface area (Å²) < 4.78 is 29.1. The molecular formula is C15H26N2O3S. The van der Waals surface area contributed by atoms with Crippen LogP contribution in [0.4, 0.5) is 0 Å². The number of nitrogens with zero attached hydrogens (tertiary/aromatic N) is 2. The minimum Gasteiger partial charge on any atom is -0.390 e. The van der Waals surface area contributed by atoms with Crippen molar-refractivity contribution in [1.29, 1.82) is 0 Å². The lowest BCUT2D eigenvalue weighted by Crippen LogP contribution is -2.43. The molecular weight excluding hydrogens is 288 g/mol. The van der Waals surface area contributed by atoms with Crippen LogP contribution in [-0.2, 0) is 23.2 Å². The Bertz CT molecular complexity index is 580. The lowest BCUT2D eigenvalue weighted by molar-refractivity contribution is 0.220. The van der Waals surface area contributed by atoms with E-state index < -0.39 is 10.0 Å². The highest BCUT2D eigenvalue weighted by molar-refractivity contribution is 7.89. The Morgan fingerprint density at radius 2 is 2.10 bits per heavy atom. The van der Waals surface area contributed by atoms with Crippen LogP contribution >= 0.6 is 0 Å². The molecule has 2 unspecified atom stereocenters. The van der Waals surface area contributed by atoms with E-state index in [0.29, 0.717) is 23.1 Å². The predicted octanol–water partition coefficient (Wildman–Crippen LogP) is 2.20. The van der Waals surface area contributed by atoms with Crippen molar-refractivity contribution in [2.75, 3.05) is 6.54 Å². The number of hydrogen-bond acceptors (Lipinski definition) is 3. The Kier molecular flexibility index (Phi) is 5.11. The second-order valence-corrected chi connectivity index (χ2v) is 8.00. The third-order valence-electron chi connectivity index (χ3n) is 4.27. The number of rotatable bonds is 5. The van der Waals surface area contributed by atoms with E-state index in [0.717, 1.165) is 25.8 Å². The molecule has 1 aliphatic heterocycles. The molecule has 1 aromatic rings. The Morgan fingerprint density at radius 1 is 1.38 bits per heavy atom. The quantitative estimate of drug-likeness (QED) is 0.906. The van der Waals surface area contributed by atoms with Gasteiger partial charge >= 0.3 is 0 Å². The van der Waals surface area contributed by atoms with Gasteiger partial charge in [0.05, 0.1) is 6.61 Å². The normalized spacial score (nSPS) is 24.4. The van der Waals surface area contributed by atoms with Gasteiger partial charge < -0.3 is 9.67 Å². The average Bonchev–Trinajstić information content (AvgIpc) is 2.82. The van der Waals surface area contributed by atoms with Crippen LogP contribution in [0.1, 0.15) is 45.7 Å². The number of piperidine rings is 1. The molecule has 21 heavy (non-hydrogen) atoms. The van der Waals surface area contributed by atoms with Gasteiger partial charge in [-0.2, -0.15) is 4.31 Å². The monoisotopic (exact) mass is 314 g/mol. The van der Waals surface area contributed by atoms with Crippen molar-refractivity contribution in [3.05, 3.63) is 18.0 Å². The summed E-state index contributed by atoms with van der Waals surface area (Å²) in [5.41, 5.74) is 0.661. The van der Waals surface area contributed by atoms with Crippen LogP contribution in [0.3, 0.4) is 0 Å². The summed E-state index contributed by atoms with van der Waals surface area (Å²) in [4.78, 5) is 0.307. The number of hydrogen-bond donors (Lipinski definition) is 1. The molecule has 6 heteroatoms. The van der Waals surface area contributed by atoms with Gasteiger partial charge in [0.1, 0.15) is 4.90 Å². The Morgan fingerprint density at radius 3 is 2.67 bits per heavy atom. The summed E-state index contributed by atoms with van der Waals surface area (Å²) >= 11 is 0. The smallest absolute Gasteiger partial charge is 0.244 e. The van der Waals surface area contributed by atoms with Crippen molar-refractivity contribution in [2.45, 2.75) is 64.1 Å². The van der Waals surface area contributed by atoms with Crippen molar-refractivity contribution < 1.29 is 13.5 Å². The van der Waals surface area contributed by atoms with Crippen molar-refractivity contribution in [3.8, 4) is 0 Å². The Hall–Kier alpha value is -0.850. The molecule has 5 nitrogen and oxygen atoms in total. The van der Waals surface area contributed by atoms with Gasteiger partial charge in [-0.05, 0) is 38.2 Å². The minimum atomic E-state index is -3.46. The van der Waals surface area contributed by atoms with Gasteiger partial charge in [0.25, 0.3) is 0 Å². The largest absolute Gasteiger partial charge is 0.390 e. The highest BCUT2D eigenvalue weighted by Crippen LogP contribution is 2.29. The van der Waals surface area contributed by atoms with E-state index in [4.69, 9.17) is 0 Å². The summed E-state index contributed by atoms with van der Waals surface area (Å²) in [7, 11) is -3.46. The summed E-state index contributed by atoms with van der Waals surface area (Å²) in [5, 5.41) is 9.39. The molecule has 120 valence electrons. The summed E-state index contributed by atoms with van der Waals surface area (Å²) in [6.07, 6.45) is 4.38. The zero-order valence-electron chi connectivity index (χ0n) is 13.1. The van der Waals surface area contributed by atoms with Crippen molar-refractivity contribution >= 4 is 10.0 Å². The number of aryl methyl sites for hydroxylation is 1. The molecule has 1 N–H and O–H groups in total. The third kappa shape index (κ3) is 3.33. The summed E-state index contributed by atoms with van der Waals surface area (Å²) in [5.74, 6) is 0.573. The molecule has 2 atom stereocenters. The lowest BCUT2D eigenvalue weighted by atomic mass is 9.95. The number of aromatic nitrogens is 1. The van der Waals surface area contributed by atoms with Gasteiger partial charge in [0.2, 0.25) is 10.0 Å². The summed E-state index contributed by atoms with van der Waals surface area (Å²) in [6.45, 7) is 7.34. The first-order valence-electron chi connectivity index (χ1n) is 7.71. The molecule has 0 aliphatic carbocycles. The maximum atomic E-state index is 12.8. The molecule has 0 radical (unpaired) electrons. The third-order valence-corrected chi connectivity index (χ3v) is 6.25. The molecule has 0 aromatic carbocycles. The fourth-order valence-electron chi connectivity index (χ4n) is 3.13. The van der Waals surface area contributed by atoms with E-state index in [2.05, 4.69) is 6.92 Å². The molecule has 0 spiro atoms. The predicted molar refractivity (Wildman–Crippen MR) is 82.4 cm³/mol. The molecule has 1 aliphatic rings. The zero-order valence-corrected chi connectivity index (χ0v) is 13.9. The fraction of sp³-hybridized carbons (Fsp3) is 0.733.